The maximum absolute atomic E-state index is 12.0. The molecule has 2 amide bonds. The second kappa shape index (κ2) is 6.26. The molecule has 2 rings (SSSR count). The summed E-state index contributed by atoms with van der Waals surface area (Å²) >= 11 is 0. The molecule has 114 valence electrons. The first-order valence-electron chi connectivity index (χ1n) is 7.12. The Balaban J connectivity index is 1.89. The van der Waals surface area contributed by atoms with Gasteiger partial charge in [0.2, 0.25) is 5.91 Å². The van der Waals surface area contributed by atoms with E-state index in [1.165, 1.54) is 5.56 Å². The third-order valence-corrected chi connectivity index (χ3v) is 3.52. The lowest BCUT2D eigenvalue weighted by atomic mass is 9.87. The Morgan fingerprint density at radius 2 is 1.90 bits per heavy atom. The molecule has 0 radical (unpaired) electrons. The standard InChI is InChI=1S/C16H22N2O3/c1-16(2,3)13-6-4-12(5-7-13)15(20)17-10-14(19)18-8-9-21-11-18/h4-7H,8-11H2,1-3H3,(H,17,20). The molecule has 1 aliphatic heterocycles. The molecule has 0 aromatic heterocycles. The number of nitrogens with zero attached hydrogens (tertiary/aromatic N) is 1. The monoisotopic (exact) mass is 290 g/mol. The molecule has 1 N–H and O–H groups in total. The van der Waals surface area contributed by atoms with Crippen LogP contribution in [-0.2, 0) is 14.9 Å². The van der Waals surface area contributed by atoms with E-state index < -0.39 is 0 Å². The van der Waals surface area contributed by atoms with E-state index in [1.807, 2.05) is 12.1 Å². The van der Waals surface area contributed by atoms with Crippen molar-refractivity contribution in [3.63, 3.8) is 0 Å². The molecule has 1 heterocycles. The van der Waals surface area contributed by atoms with Gasteiger partial charge in [0.15, 0.2) is 0 Å². The molecule has 1 fully saturated rings. The predicted molar refractivity (Wildman–Crippen MR) is 80.0 cm³/mol. The average Bonchev–Trinajstić information content (AvgIpc) is 2.98. The number of benzene rings is 1. The summed E-state index contributed by atoms with van der Waals surface area (Å²) < 4.78 is 5.11. The van der Waals surface area contributed by atoms with Gasteiger partial charge in [0.05, 0.1) is 13.2 Å². The summed E-state index contributed by atoms with van der Waals surface area (Å²) in [6, 6.07) is 7.48. The number of amides is 2. The fourth-order valence-electron chi connectivity index (χ4n) is 2.10. The number of rotatable bonds is 3. The first-order chi connectivity index (χ1) is 9.88. The van der Waals surface area contributed by atoms with E-state index in [2.05, 4.69) is 26.1 Å². The zero-order chi connectivity index (χ0) is 15.5. The van der Waals surface area contributed by atoms with Crippen LogP contribution in [0.3, 0.4) is 0 Å². The fraction of sp³-hybridized carbons (Fsp3) is 0.500. The van der Waals surface area contributed by atoms with E-state index in [0.717, 1.165) is 0 Å². The molecule has 1 aromatic rings. The Morgan fingerprint density at radius 3 is 2.43 bits per heavy atom. The molecule has 0 saturated carbocycles. The van der Waals surface area contributed by atoms with E-state index in [4.69, 9.17) is 4.74 Å². The number of hydrogen-bond acceptors (Lipinski definition) is 3. The summed E-state index contributed by atoms with van der Waals surface area (Å²) in [7, 11) is 0. The van der Waals surface area contributed by atoms with Crippen molar-refractivity contribution in [2.75, 3.05) is 26.4 Å². The summed E-state index contributed by atoms with van der Waals surface area (Å²) in [6.07, 6.45) is 0. The van der Waals surface area contributed by atoms with Gasteiger partial charge >= 0.3 is 0 Å². The van der Waals surface area contributed by atoms with Gasteiger partial charge in [-0.3, -0.25) is 9.59 Å². The van der Waals surface area contributed by atoms with E-state index >= 15 is 0 Å². The zero-order valence-corrected chi connectivity index (χ0v) is 12.8. The first kappa shape index (κ1) is 15.5. The highest BCUT2D eigenvalue weighted by Gasteiger charge is 2.19. The Labute approximate surface area is 125 Å². The highest BCUT2D eigenvalue weighted by molar-refractivity contribution is 5.96. The molecule has 0 bridgehead atoms. The summed E-state index contributed by atoms with van der Waals surface area (Å²) in [6.45, 7) is 7.84. The second-order valence-corrected chi connectivity index (χ2v) is 6.20. The molecule has 21 heavy (non-hydrogen) atoms. The Morgan fingerprint density at radius 1 is 1.24 bits per heavy atom. The van der Waals surface area contributed by atoms with Crippen LogP contribution in [0.5, 0.6) is 0 Å². The van der Waals surface area contributed by atoms with E-state index in [-0.39, 0.29) is 23.8 Å². The van der Waals surface area contributed by atoms with Crippen molar-refractivity contribution in [2.45, 2.75) is 26.2 Å². The molecular formula is C16H22N2O3. The third kappa shape index (κ3) is 4.04. The number of ether oxygens (including phenoxy) is 1. The number of carbonyl (C=O) groups excluding carboxylic acids is 2. The van der Waals surface area contributed by atoms with E-state index in [1.54, 1.807) is 17.0 Å². The van der Waals surface area contributed by atoms with Crippen LogP contribution in [0.1, 0.15) is 36.7 Å². The average molecular weight is 290 g/mol. The predicted octanol–water partition coefficient (Wildman–Crippen LogP) is 1.53. The quantitative estimate of drug-likeness (QED) is 0.918. The SMILES string of the molecule is CC(C)(C)c1ccc(C(=O)NCC(=O)N2CCOC2)cc1. The van der Waals surface area contributed by atoms with Gasteiger partial charge in [-0.25, -0.2) is 0 Å². The molecule has 0 atom stereocenters. The minimum absolute atomic E-state index is 0.00319. The molecular weight excluding hydrogens is 268 g/mol. The Hall–Kier alpha value is -1.88. The Bertz CT molecular complexity index is 511. The maximum Gasteiger partial charge on any atom is 0.251 e. The Kier molecular flexibility index (Phi) is 4.63. The van der Waals surface area contributed by atoms with E-state index in [9.17, 15) is 9.59 Å². The summed E-state index contributed by atoms with van der Waals surface area (Å²) in [4.78, 5) is 25.4. The van der Waals surface area contributed by atoms with Gasteiger partial charge in [0, 0.05) is 12.1 Å². The van der Waals surface area contributed by atoms with Crippen molar-refractivity contribution in [1.82, 2.24) is 10.2 Å². The van der Waals surface area contributed by atoms with E-state index in [0.29, 0.717) is 25.4 Å². The topological polar surface area (TPSA) is 58.6 Å². The van der Waals surface area contributed by atoms with Gasteiger partial charge in [0.25, 0.3) is 5.91 Å². The van der Waals surface area contributed by atoms with Crippen LogP contribution in [0.25, 0.3) is 0 Å². The summed E-state index contributed by atoms with van der Waals surface area (Å²) in [5.41, 5.74) is 1.79. The molecule has 1 saturated heterocycles. The highest BCUT2D eigenvalue weighted by Crippen LogP contribution is 2.22. The van der Waals surface area contributed by atoms with Crippen LogP contribution in [0, 0.1) is 0 Å². The van der Waals surface area contributed by atoms with Crippen LogP contribution in [0.2, 0.25) is 0 Å². The largest absolute Gasteiger partial charge is 0.359 e. The molecule has 1 aromatic carbocycles. The van der Waals surface area contributed by atoms with Crippen molar-refractivity contribution < 1.29 is 14.3 Å². The molecule has 5 nitrogen and oxygen atoms in total. The van der Waals surface area contributed by atoms with Crippen molar-refractivity contribution in [3.8, 4) is 0 Å². The fourth-order valence-corrected chi connectivity index (χ4v) is 2.10. The molecule has 0 aliphatic carbocycles. The molecule has 1 aliphatic rings. The molecule has 5 heteroatoms. The second-order valence-electron chi connectivity index (χ2n) is 6.20. The lowest BCUT2D eigenvalue weighted by Crippen LogP contribution is -2.38. The smallest absolute Gasteiger partial charge is 0.251 e. The number of nitrogens with one attached hydrogen (secondary N) is 1. The molecule has 0 unspecified atom stereocenters. The summed E-state index contributed by atoms with van der Waals surface area (Å²) in [5.74, 6) is -0.351. The van der Waals surface area contributed by atoms with Gasteiger partial charge in [-0.05, 0) is 23.1 Å². The van der Waals surface area contributed by atoms with Crippen LogP contribution in [0.4, 0.5) is 0 Å². The lowest BCUT2D eigenvalue weighted by Gasteiger charge is -2.19. The third-order valence-electron chi connectivity index (χ3n) is 3.52. The minimum Gasteiger partial charge on any atom is -0.359 e. The van der Waals surface area contributed by atoms with Crippen molar-refractivity contribution in [1.29, 1.82) is 0 Å². The number of hydrogen-bond donors (Lipinski definition) is 1. The maximum atomic E-state index is 12.0. The van der Waals surface area contributed by atoms with Crippen molar-refractivity contribution in [2.24, 2.45) is 0 Å². The van der Waals surface area contributed by atoms with Gasteiger partial charge < -0.3 is 15.0 Å². The summed E-state index contributed by atoms with van der Waals surface area (Å²) in [5, 5.41) is 2.65. The van der Waals surface area contributed by atoms with Crippen LogP contribution in [-0.4, -0.2) is 43.1 Å². The zero-order valence-electron chi connectivity index (χ0n) is 12.8. The van der Waals surface area contributed by atoms with Gasteiger partial charge in [-0.1, -0.05) is 32.9 Å². The highest BCUT2D eigenvalue weighted by atomic mass is 16.5. The molecule has 0 spiro atoms. The van der Waals surface area contributed by atoms with Gasteiger partial charge in [-0.15, -0.1) is 0 Å². The first-order valence-corrected chi connectivity index (χ1v) is 7.12. The minimum atomic E-state index is -0.232. The van der Waals surface area contributed by atoms with Gasteiger partial charge in [0.1, 0.15) is 6.73 Å². The van der Waals surface area contributed by atoms with Crippen LogP contribution in [0.15, 0.2) is 24.3 Å². The van der Waals surface area contributed by atoms with Crippen molar-refractivity contribution in [3.05, 3.63) is 35.4 Å². The normalized spacial score (nSPS) is 15.1. The van der Waals surface area contributed by atoms with Crippen LogP contribution >= 0.6 is 0 Å². The van der Waals surface area contributed by atoms with Gasteiger partial charge in [-0.2, -0.15) is 0 Å². The van der Waals surface area contributed by atoms with Crippen LogP contribution < -0.4 is 5.32 Å². The number of carbonyl (C=O) groups is 2. The lowest BCUT2D eigenvalue weighted by molar-refractivity contribution is -0.130. The van der Waals surface area contributed by atoms with Crippen molar-refractivity contribution >= 4 is 11.8 Å².